The molecule has 2 aromatic carbocycles. The molecule has 0 atom stereocenters. The molecule has 7 heteroatoms. The smallest absolute Gasteiger partial charge is 0.229 e. The van der Waals surface area contributed by atoms with E-state index in [0.29, 0.717) is 23.3 Å². The summed E-state index contributed by atoms with van der Waals surface area (Å²) in [4.78, 5) is 13.1. The van der Waals surface area contributed by atoms with Crippen LogP contribution >= 0.6 is 0 Å². The molecule has 4 aromatic rings. The fourth-order valence-corrected chi connectivity index (χ4v) is 2.83. The van der Waals surface area contributed by atoms with Gasteiger partial charge in [-0.3, -0.25) is 4.98 Å². The van der Waals surface area contributed by atoms with Crippen molar-refractivity contribution < 1.29 is 9.47 Å². The van der Waals surface area contributed by atoms with Crippen molar-refractivity contribution >= 4 is 34.0 Å². The van der Waals surface area contributed by atoms with E-state index in [4.69, 9.17) is 9.47 Å². The van der Waals surface area contributed by atoms with Gasteiger partial charge in [-0.05, 0) is 42.5 Å². The predicted octanol–water partition coefficient (Wildman–Crippen LogP) is 4.53. The van der Waals surface area contributed by atoms with Gasteiger partial charge in [0, 0.05) is 35.2 Å². The Kier molecular flexibility index (Phi) is 4.88. The van der Waals surface area contributed by atoms with Crippen molar-refractivity contribution in [2.24, 2.45) is 0 Å². The number of rotatable bonds is 6. The molecule has 2 aromatic heterocycles. The number of hydrogen-bond acceptors (Lipinski definition) is 7. The second-order valence-electron chi connectivity index (χ2n) is 6.00. The summed E-state index contributed by atoms with van der Waals surface area (Å²) in [5, 5.41) is 7.54. The molecule has 0 amide bonds. The molecule has 0 unspecified atom stereocenters. The number of fused-ring (bicyclic) bond motifs is 1. The molecule has 0 aliphatic rings. The molecule has 0 spiro atoms. The molecule has 28 heavy (non-hydrogen) atoms. The lowest BCUT2D eigenvalue weighted by atomic mass is 10.2. The zero-order valence-electron chi connectivity index (χ0n) is 15.5. The Morgan fingerprint density at radius 1 is 0.750 bits per heavy atom. The van der Waals surface area contributed by atoms with Crippen LogP contribution < -0.4 is 20.1 Å². The zero-order chi connectivity index (χ0) is 19.3. The lowest BCUT2D eigenvalue weighted by Crippen LogP contribution is -2.01. The maximum absolute atomic E-state index is 5.33. The monoisotopic (exact) mass is 373 g/mol. The topological polar surface area (TPSA) is 81.2 Å². The average Bonchev–Trinajstić information content (AvgIpc) is 2.74. The summed E-state index contributed by atoms with van der Waals surface area (Å²) in [5.74, 6) is 2.45. The summed E-state index contributed by atoms with van der Waals surface area (Å²) in [6, 6.07) is 17.3. The van der Waals surface area contributed by atoms with Crippen molar-refractivity contribution in [3.05, 3.63) is 67.0 Å². The summed E-state index contributed by atoms with van der Waals surface area (Å²) in [7, 11) is 3.20. The molecule has 4 rings (SSSR count). The van der Waals surface area contributed by atoms with Crippen LogP contribution in [-0.4, -0.2) is 29.2 Å². The Morgan fingerprint density at radius 3 is 2.43 bits per heavy atom. The van der Waals surface area contributed by atoms with Gasteiger partial charge >= 0.3 is 0 Å². The molecule has 0 radical (unpaired) electrons. The molecular formula is C21H19N5O2. The third kappa shape index (κ3) is 3.78. The number of nitrogens with one attached hydrogen (secondary N) is 2. The second kappa shape index (κ2) is 7.79. The van der Waals surface area contributed by atoms with E-state index in [-0.39, 0.29) is 0 Å². The highest BCUT2D eigenvalue weighted by Gasteiger charge is 2.07. The van der Waals surface area contributed by atoms with Crippen molar-refractivity contribution in [3.63, 3.8) is 0 Å². The van der Waals surface area contributed by atoms with Gasteiger partial charge in [-0.1, -0.05) is 6.07 Å². The van der Waals surface area contributed by atoms with Crippen LogP contribution in [0.4, 0.5) is 23.1 Å². The van der Waals surface area contributed by atoms with Crippen molar-refractivity contribution in [2.75, 3.05) is 24.9 Å². The Morgan fingerprint density at radius 2 is 1.57 bits per heavy atom. The molecule has 2 heterocycles. The summed E-state index contributed by atoms with van der Waals surface area (Å²) < 4.78 is 10.6. The number of benzene rings is 2. The quantitative estimate of drug-likeness (QED) is 0.514. The van der Waals surface area contributed by atoms with Crippen LogP contribution in [-0.2, 0) is 0 Å². The first-order valence-corrected chi connectivity index (χ1v) is 8.69. The molecule has 140 valence electrons. The van der Waals surface area contributed by atoms with Gasteiger partial charge in [0.2, 0.25) is 5.95 Å². The third-order valence-electron chi connectivity index (χ3n) is 4.17. The number of methoxy groups -OCH3 is 2. The van der Waals surface area contributed by atoms with Crippen molar-refractivity contribution in [3.8, 4) is 11.5 Å². The predicted molar refractivity (Wildman–Crippen MR) is 110 cm³/mol. The zero-order valence-corrected chi connectivity index (χ0v) is 15.5. The Hall–Kier alpha value is -3.87. The summed E-state index contributed by atoms with van der Waals surface area (Å²) >= 11 is 0. The largest absolute Gasteiger partial charge is 0.493 e. The number of ether oxygens (including phenoxy) is 2. The van der Waals surface area contributed by atoms with Gasteiger partial charge in [0.15, 0.2) is 11.5 Å². The molecule has 0 bridgehead atoms. The van der Waals surface area contributed by atoms with Gasteiger partial charge in [-0.2, -0.15) is 4.98 Å². The summed E-state index contributed by atoms with van der Waals surface area (Å²) in [6.07, 6.45) is 3.48. The molecule has 0 aliphatic heterocycles. The van der Waals surface area contributed by atoms with Crippen LogP contribution in [0.2, 0.25) is 0 Å². The first kappa shape index (κ1) is 17.5. The van der Waals surface area contributed by atoms with Gasteiger partial charge < -0.3 is 20.1 Å². The minimum absolute atomic E-state index is 0.472. The van der Waals surface area contributed by atoms with Crippen molar-refractivity contribution in [2.45, 2.75) is 0 Å². The summed E-state index contributed by atoms with van der Waals surface area (Å²) in [5.41, 5.74) is 2.68. The van der Waals surface area contributed by atoms with Gasteiger partial charge in [0.25, 0.3) is 0 Å². The average molecular weight is 373 g/mol. The fourth-order valence-electron chi connectivity index (χ4n) is 2.83. The second-order valence-corrected chi connectivity index (χ2v) is 6.00. The van der Waals surface area contributed by atoms with E-state index >= 15 is 0 Å². The van der Waals surface area contributed by atoms with Crippen LogP contribution in [0.1, 0.15) is 0 Å². The van der Waals surface area contributed by atoms with E-state index in [0.717, 1.165) is 22.3 Å². The van der Waals surface area contributed by atoms with E-state index < -0.39 is 0 Å². The van der Waals surface area contributed by atoms with Crippen LogP contribution in [0.15, 0.2) is 67.0 Å². The molecule has 7 nitrogen and oxygen atoms in total. The molecule has 2 N–H and O–H groups in total. The number of anilines is 4. The van der Waals surface area contributed by atoms with Gasteiger partial charge in [-0.15, -0.1) is 0 Å². The molecule has 0 fully saturated rings. The summed E-state index contributed by atoms with van der Waals surface area (Å²) in [6.45, 7) is 0. The standard InChI is InChI=1S/C21H19N5O2/c1-27-18-8-6-16(13-19(18)28-2)25-21-23-11-9-20(26-21)24-15-5-7-17-14(12-15)4-3-10-22-17/h3-13H,1-2H3,(H2,23,24,25,26). The Balaban J connectivity index is 1.54. The maximum atomic E-state index is 5.33. The third-order valence-corrected chi connectivity index (χ3v) is 4.17. The fraction of sp³-hybridized carbons (Fsp3) is 0.0952. The van der Waals surface area contributed by atoms with Crippen LogP contribution in [0, 0.1) is 0 Å². The van der Waals surface area contributed by atoms with E-state index in [9.17, 15) is 0 Å². The number of nitrogens with zero attached hydrogens (tertiary/aromatic N) is 3. The van der Waals surface area contributed by atoms with Crippen LogP contribution in [0.25, 0.3) is 10.9 Å². The van der Waals surface area contributed by atoms with E-state index in [1.165, 1.54) is 0 Å². The van der Waals surface area contributed by atoms with Crippen molar-refractivity contribution in [1.82, 2.24) is 15.0 Å². The van der Waals surface area contributed by atoms with E-state index in [1.54, 1.807) is 26.6 Å². The van der Waals surface area contributed by atoms with Gasteiger partial charge in [0.05, 0.1) is 19.7 Å². The number of aromatic nitrogens is 3. The first-order chi connectivity index (χ1) is 13.7. The highest BCUT2D eigenvalue weighted by molar-refractivity contribution is 5.83. The molecular weight excluding hydrogens is 354 g/mol. The van der Waals surface area contributed by atoms with Gasteiger partial charge in [-0.25, -0.2) is 4.98 Å². The number of pyridine rings is 1. The first-order valence-electron chi connectivity index (χ1n) is 8.69. The SMILES string of the molecule is COc1ccc(Nc2nccc(Nc3ccc4ncccc4c3)n2)cc1OC. The van der Waals surface area contributed by atoms with E-state index in [1.807, 2.05) is 54.6 Å². The minimum atomic E-state index is 0.472. The van der Waals surface area contributed by atoms with E-state index in [2.05, 4.69) is 25.6 Å². The highest BCUT2D eigenvalue weighted by atomic mass is 16.5. The molecule has 0 saturated carbocycles. The number of hydrogen-bond donors (Lipinski definition) is 2. The highest BCUT2D eigenvalue weighted by Crippen LogP contribution is 2.30. The minimum Gasteiger partial charge on any atom is -0.493 e. The van der Waals surface area contributed by atoms with Crippen LogP contribution in [0.5, 0.6) is 11.5 Å². The van der Waals surface area contributed by atoms with Crippen LogP contribution in [0.3, 0.4) is 0 Å². The lowest BCUT2D eigenvalue weighted by Gasteiger charge is -2.11. The Bertz CT molecular complexity index is 1120. The Labute approximate surface area is 162 Å². The normalized spacial score (nSPS) is 10.5. The van der Waals surface area contributed by atoms with Gasteiger partial charge in [0.1, 0.15) is 5.82 Å². The molecule has 0 saturated heterocycles. The van der Waals surface area contributed by atoms with Crippen molar-refractivity contribution in [1.29, 1.82) is 0 Å². The lowest BCUT2D eigenvalue weighted by molar-refractivity contribution is 0.355. The molecule has 0 aliphatic carbocycles. The maximum Gasteiger partial charge on any atom is 0.229 e.